The molecule has 1 fully saturated rings. The van der Waals surface area contributed by atoms with Crippen LogP contribution >= 0.6 is 11.8 Å². The Morgan fingerprint density at radius 2 is 2.28 bits per heavy atom. The molecule has 0 radical (unpaired) electrons. The number of benzene rings is 1. The zero-order valence-electron chi connectivity index (χ0n) is 14.2. The summed E-state index contributed by atoms with van der Waals surface area (Å²) in [7, 11) is 0. The Balaban J connectivity index is 1.78. The molecule has 0 bridgehead atoms. The van der Waals surface area contributed by atoms with Gasteiger partial charge in [-0.15, -0.1) is 6.58 Å². The first-order valence-corrected chi connectivity index (χ1v) is 9.49. The molecule has 132 valence electrons. The van der Waals surface area contributed by atoms with Crippen LogP contribution in [-0.4, -0.2) is 40.5 Å². The van der Waals surface area contributed by atoms with E-state index in [-0.39, 0.29) is 12.0 Å². The SMILES string of the molecule is C=CCNC(=O)CSc1ncc(-c2ccccc2)n1C[C@@H]1CCCO1. The van der Waals surface area contributed by atoms with Crippen LogP contribution in [0.25, 0.3) is 11.3 Å². The molecule has 1 aromatic carbocycles. The zero-order valence-corrected chi connectivity index (χ0v) is 15.0. The van der Waals surface area contributed by atoms with Crippen molar-refractivity contribution < 1.29 is 9.53 Å². The van der Waals surface area contributed by atoms with Crippen molar-refractivity contribution in [1.82, 2.24) is 14.9 Å². The lowest BCUT2D eigenvalue weighted by Crippen LogP contribution is -2.25. The van der Waals surface area contributed by atoms with Gasteiger partial charge in [0, 0.05) is 13.2 Å². The highest BCUT2D eigenvalue weighted by atomic mass is 32.2. The van der Waals surface area contributed by atoms with Gasteiger partial charge in [-0.05, 0) is 18.4 Å². The lowest BCUT2D eigenvalue weighted by molar-refractivity contribution is -0.118. The van der Waals surface area contributed by atoms with Gasteiger partial charge in [0.25, 0.3) is 0 Å². The molecule has 0 spiro atoms. The number of nitrogens with zero attached hydrogens (tertiary/aromatic N) is 2. The monoisotopic (exact) mass is 357 g/mol. The average Bonchev–Trinajstić information content (AvgIpc) is 3.29. The molecular weight excluding hydrogens is 334 g/mol. The van der Waals surface area contributed by atoms with E-state index in [0.717, 1.165) is 42.4 Å². The van der Waals surface area contributed by atoms with E-state index < -0.39 is 0 Å². The van der Waals surface area contributed by atoms with Gasteiger partial charge in [-0.25, -0.2) is 4.98 Å². The summed E-state index contributed by atoms with van der Waals surface area (Å²) >= 11 is 1.45. The van der Waals surface area contributed by atoms with Crippen LogP contribution in [0.5, 0.6) is 0 Å². The van der Waals surface area contributed by atoms with Crippen LogP contribution < -0.4 is 5.32 Å². The van der Waals surface area contributed by atoms with Crippen LogP contribution in [0, 0.1) is 0 Å². The van der Waals surface area contributed by atoms with Crippen molar-refractivity contribution in [2.45, 2.75) is 30.6 Å². The number of hydrogen-bond donors (Lipinski definition) is 1. The van der Waals surface area contributed by atoms with Gasteiger partial charge in [-0.2, -0.15) is 0 Å². The maximum absolute atomic E-state index is 11.9. The summed E-state index contributed by atoms with van der Waals surface area (Å²) in [6, 6.07) is 10.2. The summed E-state index contributed by atoms with van der Waals surface area (Å²) in [6.07, 6.45) is 5.94. The third kappa shape index (κ3) is 4.74. The molecular formula is C19H23N3O2S. The molecule has 2 aromatic rings. The predicted molar refractivity (Wildman–Crippen MR) is 101 cm³/mol. The molecule has 5 nitrogen and oxygen atoms in total. The van der Waals surface area contributed by atoms with Gasteiger partial charge >= 0.3 is 0 Å². The minimum atomic E-state index is -0.0159. The second-order valence-electron chi connectivity index (χ2n) is 5.92. The summed E-state index contributed by atoms with van der Waals surface area (Å²) in [5.74, 6) is 0.322. The molecule has 1 saturated heterocycles. The Labute approximate surface area is 152 Å². The Hall–Kier alpha value is -2.05. The van der Waals surface area contributed by atoms with Crippen LogP contribution in [0.2, 0.25) is 0 Å². The van der Waals surface area contributed by atoms with Gasteiger partial charge in [0.2, 0.25) is 5.91 Å². The molecule has 6 heteroatoms. The molecule has 3 rings (SSSR count). The number of aromatic nitrogens is 2. The van der Waals surface area contributed by atoms with Gasteiger partial charge in [0.05, 0.1) is 30.3 Å². The summed E-state index contributed by atoms with van der Waals surface area (Å²) in [5.41, 5.74) is 2.18. The highest BCUT2D eigenvalue weighted by molar-refractivity contribution is 7.99. The van der Waals surface area contributed by atoms with E-state index in [9.17, 15) is 4.79 Å². The number of carbonyl (C=O) groups excluding carboxylic acids is 1. The molecule has 2 heterocycles. The maximum Gasteiger partial charge on any atom is 0.230 e. The van der Waals surface area contributed by atoms with E-state index in [1.54, 1.807) is 6.08 Å². The van der Waals surface area contributed by atoms with E-state index in [1.165, 1.54) is 11.8 Å². The Bertz CT molecular complexity index is 709. The fourth-order valence-electron chi connectivity index (χ4n) is 2.85. The first-order valence-electron chi connectivity index (χ1n) is 8.51. The minimum absolute atomic E-state index is 0.0159. The molecule has 25 heavy (non-hydrogen) atoms. The quantitative estimate of drug-likeness (QED) is 0.583. The summed E-state index contributed by atoms with van der Waals surface area (Å²) < 4.78 is 7.98. The Morgan fingerprint density at radius 3 is 3.00 bits per heavy atom. The van der Waals surface area contributed by atoms with Crippen LogP contribution in [0.1, 0.15) is 12.8 Å². The highest BCUT2D eigenvalue weighted by Crippen LogP contribution is 2.28. The molecule has 1 amide bonds. The van der Waals surface area contributed by atoms with Gasteiger partial charge in [-0.3, -0.25) is 4.79 Å². The third-order valence-electron chi connectivity index (χ3n) is 4.07. The predicted octanol–water partition coefficient (Wildman–Crippen LogP) is 3.12. The molecule has 0 saturated carbocycles. The summed E-state index contributed by atoms with van der Waals surface area (Å²) in [5, 5.41) is 3.64. The number of imidazole rings is 1. The van der Waals surface area contributed by atoms with Crippen LogP contribution in [0.15, 0.2) is 54.3 Å². The van der Waals surface area contributed by atoms with Crippen molar-refractivity contribution in [2.75, 3.05) is 18.9 Å². The number of rotatable bonds is 8. The standard InChI is InChI=1S/C19H23N3O2S/c1-2-10-20-18(23)14-25-19-21-12-17(15-7-4-3-5-8-15)22(19)13-16-9-6-11-24-16/h2-5,7-8,12,16H,1,6,9-11,13-14H2,(H,20,23)/t16-/m0/s1. The number of nitrogens with one attached hydrogen (secondary N) is 1. The first-order chi connectivity index (χ1) is 12.3. The van der Waals surface area contributed by atoms with E-state index in [4.69, 9.17) is 4.74 Å². The lowest BCUT2D eigenvalue weighted by Gasteiger charge is -2.16. The van der Waals surface area contributed by atoms with Crippen LogP contribution in [0.4, 0.5) is 0 Å². The van der Waals surface area contributed by atoms with Crippen molar-refractivity contribution in [3.8, 4) is 11.3 Å². The maximum atomic E-state index is 11.9. The third-order valence-corrected chi connectivity index (χ3v) is 5.07. The zero-order chi connectivity index (χ0) is 17.5. The summed E-state index contributed by atoms with van der Waals surface area (Å²) in [4.78, 5) is 16.4. The number of hydrogen-bond acceptors (Lipinski definition) is 4. The Kier molecular flexibility index (Phi) is 6.30. The van der Waals surface area contributed by atoms with E-state index in [2.05, 4.69) is 33.6 Å². The van der Waals surface area contributed by atoms with Gasteiger partial charge in [0.15, 0.2) is 5.16 Å². The molecule has 1 aliphatic heterocycles. The fraction of sp³-hybridized carbons (Fsp3) is 0.368. The Morgan fingerprint density at radius 1 is 1.44 bits per heavy atom. The number of amides is 1. The van der Waals surface area contributed by atoms with Gasteiger partial charge in [-0.1, -0.05) is 48.2 Å². The van der Waals surface area contributed by atoms with Crippen molar-refractivity contribution in [2.24, 2.45) is 0 Å². The largest absolute Gasteiger partial charge is 0.376 e. The first kappa shape index (κ1) is 17.8. The molecule has 1 aromatic heterocycles. The van der Waals surface area contributed by atoms with E-state index >= 15 is 0 Å². The number of ether oxygens (including phenoxy) is 1. The number of carbonyl (C=O) groups is 1. The van der Waals surface area contributed by atoms with Gasteiger partial charge < -0.3 is 14.6 Å². The van der Waals surface area contributed by atoms with E-state index in [1.807, 2.05) is 24.4 Å². The second kappa shape index (κ2) is 8.87. The lowest BCUT2D eigenvalue weighted by atomic mass is 10.1. The van der Waals surface area contributed by atoms with Crippen LogP contribution in [-0.2, 0) is 16.1 Å². The smallest absolute Gasteiger partial charge is 0.230 e. The normalized spacial score (nSPS) is 16.7. The molecule has 1 aliphatic rings. The molecule has 1 N–H and O–H groups in total. The van der Waals surface area contributed by atoms with Crippen molar-refractivity contribution in [3.05, 3.63) is 49.2 Å². The fourth-order valence-corrected chi connectivity index (χ4v) is 3.67. The second-order valence-corrected chi connectivity index (χ2v) is 6.86. The van der Waals surface area contributed by atoms with Gasteiger partial charge in [0.1, 0.15) is 0 Å². The van der Waals surface area contributed by atoms with Crippen molar-refractivity contribution >= 4 is 17.7 Å². The highest BCUT2D eigenvalue weighted by Gasteiger charge is 2.21. The summed E-state index contributed by atoms with van der Waals surface area (Å²) in [6.45, 7) is 5.68. The average molecular weight is 357 g/mol. The van der Waals surface area contributed by atoms with E-state index in [0.29, 0.717) is 12.3 Å². The molecule has 1 atom stereocenters. The number of thioether (sulfide) groups is 1. The minimum Gasteiger partial charge on any atom is -0.376 e. The molecule has 0 aliphatic carbocycles. The van der Waals surface area contributed by atoms with Crippen LogP contribution in [0.3, 0.4) is 0 Å². The van der Waals surface area contributed by atoms with Crippen molar-refractivity contribution in [1.29, 1.82) is 0 Å². The van der Waals surface area contributed by atoms with Crippen molar-refractivity contribution in [3.63, 3.8) is 0 Å². The molecule has 0 unspecified atom stereocenters. The topological polar surface area (TPSA) is 56.2 Å².